The van der Waals surface area contributed by atoms with E-state index in [1.54, 1.807) is 0 Å². The lowest BCUT2D eigenvalue weighted by atomic mass is 9.86. The fourth-order valence-corrected chi connectivity index (χ4v) is 8.08. The molecule has 2 aromatic heterocycles. The molecule has 0 amide bonds. The number of fused-ring (bicyclic) bond motifs is 9. The molecule has 0 saturated heterocycles. The molecule has 0 saturated carbocycles. The Morgan fingerprint density at radius 3 is 2.18 bits per heavy atom. The minimum atomic E-state index is 0.0980. The van der Waals surface area contributed by atoms with Crippen LogP contribution in [-0.2, 0) is 5.41 Å². The zero-order valence-corrected chi connectivity index (χ0v) is 25.7. The van der Waals surface area contributed by atoms with Gasteiger partial charge in [0.15, 0.2) is 16.9 Å². The van der Waals surface area contributed by atoms with Gasteiger partial charge >= 0.3 is 5.95 Å². The topological polar surface area (TPSA) is 31.5 Å². The van der Waals surface area contributed by atoms with Crippen LogP contribution in [0, 0.1) is 0 Å². The molecule has 9 rings (SSSR count). The number of thiophene rings is 1. The summed E-state index contributed by atoms with van der Waals surface area (Å²) in [4.78, 5) is 10.3. The lowest BCUT2D eigenvalue weighted by Gasteiger charge is -2.19. The molecule has 1 atom stereocenters. The molecule has 3 nitrogen and oxygen atoms in total. The summed E-state index contributed by atoms with van der Waals surface area (Å²) in [6, 6.07) is 44.4. The molecule has 6 aromatic carbocycles. The molecule has 3 heterocycles. The molecule has 44 heavy (non-hydrogen) atoms. The number of aromatic amines is 1. The fourth-order valence-electron chi connectivity index (χ4n) is 6.95. The first-order valence-electron chi connectivity index (χ1n) is 15.2. The van der Waals surface area contributed by atoms with Gasteiger partial charge in [0.2, 0.25) is 0 Å². The standard InChI is InChI=1S/C40H29N3S/c1-40(2,3)26-19-16-25(17-20-26)38-29-13-6-8-14-32(29)41-39(42-38)43-33-21-18-24-10-4-5-11-27(24)37(33)31-23-36-30(22-34(31)43)28-12-7-9-15-35(28)44-36/h4-23H,1-3H3/p+2. The van der Waals surface area contributed by atoms with Crippen LogP contribution in [-0.4, -0.2) is 4.98 Å². The summed E-state index contributed by atoms with van der Waals surface area (Å²) in [5.41, 5.74) is 9.71. The molecule has 1 unspecified atom stereocenters. The van der Waals surface area contributed by atoms with E-state index in [0.29, 0.717) is 0 Å². The molecule has 0 aliphatic carbocycles. The van der Waals surface area contributed by atoms with Crippen molar-refractivity contribution in [1.82, 2.24) is 4.98 Å². The highest BCUT2D eigenvalue weighted by Crippen LogP contribution is 2.47. The summed E-state index contributed by atoms with van der Waals surface area (Å²) in [5.74, 6) is 0.896. The number of aromatic nitrogens is 2. The number of hydrogen-bond acceptors (Lipinski definition) is 2. The number of hydrogen-bond donors (Lipinski definition) is 1. The summed E-state index contributed by atoms with van der Waals surface area (Å²) in [6.45, 7) is 6.78. The molecule has 4 heteroatoms. The highest BCUT2D eigenvalue weighted by Gasteiger charge is 2.41. The van der Waals surface area contributed by atoms with Crippen molar-refractivity contribution in [3.8, 4) is 22.4 Å². The van der Waals surface area contributed by atoms with Gasteiger partial charge in [-0.15, -0.1) is 11.3 Å². The van der Waals surface area contributed by atoms with Crippen molar-refractivity contribution >= 4 is 70.5 Å². The largest absolute Gasteiger partial charge is 0.504 e. The first-order chi connectivity index (χ1) is 21.4. The van der Waals surface area contributed by atoms with Crippen molar-refractivity contribution in [3.05, 3.63) is 127 Å². The van der Waals surface area contributed by atoms with Crippen LogP contribution >= 0.6 is 11.3 Å². The SMILES string of the molecule is CC(C)(C)c1ccc(-c2[nH+]c([NH+]3c4cc5c(cc4-c4c3ccc3ccccc43)sc3ccccc35)nc3ccccc23)cc1. The van der Waals surface area contributed by atoms with E-state index >= 15 is 0 Å². The third-order valence-electron chi connectivity index (χ3n) is 9.18. The highest BCUT2D eigenvalue weighted by atomic mass is 32.1. The summed E-state index contributed by atoms with van der Waals surface area (Å²) < 4.78 is 2.64. The summed E-state index contributed by atoms with van der Waals surface area (Å²) in [6.07, 6.45) is 0. The number of nitrogens with one attached hydrogen (secondary N) is 2. The zero-order chi connectivity index (χ0) is 29.6. The van der Waals surface area contributed by atoms with E-state index in [1.165, 1.54) is 59.0 Å². The van der Waals surface area contributed by atoms with Gasteiger partial charge in [-0.3, -0.25) is 0 Å². The van der Waals surface area contributed by atoms with Crippen molar-refractivity contribution < 1.29 is 9.88 Å². The third kappa shape index (κ3) is 3.78. The molecule has 0 spiro atoms. The maximum Gasteiger partial charge on any atom is 0.504 e. The summed E-state index contributed by atoms with van der Waals surface area (Å²) >= 11 is 1.88. The van der Waals surface area contributed by atoms with Crippen LogP contribution in [0.1, 0.15) is 26.3 Å². The molecule has 1 aliphatic heterocycles. The van der Waals surface area contributed by atoms with Crippen molar-refractivity contribution in [1.29, 1.82) is 0 Å². The van der Waals surface area contributed by atoms with Gasteiger partial charge in [-0.1, -0.05) is 99.6 Å². The molecule has 8 aromatic rings. The average molecular weight is 586 g/mol. The lowest BCUT2D eigenvalue weighted by Crippen LogP contribution is -2.97. The van der Waals surface area contributed by atoms with E-state index in [1.807, 2.05) is 11.3 Å². The van der Waals surface area contributed by atoms with Crippen molar-refractivity contribution in [2.24, 2.45) is 0 Å². The van der Waals surface area contributed by atoms with Gasteiger partial charge in [0.05, 0.1) is 16.5 Å². The zero-order valence-electron chi connectivity index (χ0n) is 24.9. The van der Waals surface area contributed by atoms with Gasteiger partial charge < -0.3 is 0 Å². The molecule has 2 N–H and O–H groups in total. The van der Waals surface area contributed by atoms with Crippen LogP contribution in [0.4, 0.5) is 17.3 Å². The monoisotopic (exact) mass is 585 g/mol. The Morgan fingerprint density at radius 2 is 1.36 bits per heavy atom. The van der Waals surface area contributed by atoms with E-state index in [2.05, 4.69) is 147 Å². The maximum atomic E-state index is 5.32. The Morgan fingerprint density at radius 1 is 0.636 bits per heavy atom. The Hall–Kier alpha value is -4.90. The van der Waals surface area contributed by atoms with Gasteiger partial charge in [0.25, 0.3) is 0 Å². The van der Waals surface area contributed by atoms with Gasteiger partial charge in [0.1, 0.15) is 5.69 Å². The molecule has 1 aliphatic rings. The number of nitrogens with zero attached hydrogens (tertiary/aromatic N) is 1. The second kappa shape index (κ2) is 9.30. The fraction of sp³-hybridized carbons (Fsp3) is 0.100. The Bertz CT molecular complexity index is 2430. The average Bonchev–Trinajstić information content (AvgIpc) is 3.57. The molecule has 210 valence electrons. The molecule has 0 bridgehead atoms. The van der Waals surface area contributed by atoms with Crippen LogP contribution in [0.15, 0.2) is 121 Å². The number of rotatable bonds is 2. The number of H-pyrrole nitrogens is 1. The van der Waals surface area contributed by atoms with Crippen LogP contribution in [0.3, 0.4) is 0 Å². The molecular formula is C40H31N3S+2. The smallest absolute Gasteiger partial charge is 0.186 e. The normalized spacial score (nSPS) is 14.5. The predicted molar refractivity (Wildman–Crippen MR) is 185 cm³/mol. The molecular weight excluding hydrogens is 555 g/mol. The number of para-hydroxylation sites is 1. The van der Waals surface area contributed by atoms with E-state index < -0.39 is 0 Å². The van der Waals surface area contributed by atoms with E-state index in [4.69, 9.17) is 4.98 Å². The second-order valence-electron chi connectivity index (χ2n) is 12.9. The Kier molecular flexibility index (Phi) is 5.41. The summed E-state index contributed by atoms with van der Waals surface area (Å²) in [5, 5.41) is 6.27. The number of quaternary nitrogens is 1. The summed E-state index contributed by atoms with van der Waals surface area (Å²) in [7, 11) is 0. The quantitative estimate of drug-likeness (QED) is 0.215. The van der Waals surface area contributed by atoms with Crippen LogP contribution < -0.4 is 9.88 Å². The minimum Gasteiger partial charge on any atom is -0.186 e. The highest BCUT2D eigenvalue weighted by molar-refractivity contribution is 7.25. The number of benzene rings is 6. The molecule has 0 fully saturated rings. The van der Waals surface area contributed by atoms with Crippen LogP contribution in [0.5, 0.6) is 0 Å². The lowest BCUT2D eigenvalue weighted by molar-refractivity contribution is -0.735. The maximum absolute atomic E-state index is 5.32. The van der Waals surface area contributed by atoms with Crippen LogP contribution in [0.25, 0.3) is 64.2 Å². The first-order valence-corrected chi connectivity index (χ1v) is 16.0. The minimum absolute atomic E-state index is 0.0980. The van der Waals surface area contributed by atoms with E-state index in [0.717, 1.165) is 33.0 Å². The second-order valence-corrected chi connectivity index (χ2v) is 14.0. The van der Waals surface area contributed by atoms with Crippen molar-refractivity contribution in [2.75, 3.05) is 0 Å². The van der Waals surface area contributed by atoms with E-state index in [9.17, 15) is 0 Å². The van der Waals surface area contributed by atoms with Gasteiger partial charge in [-0.2, -0.15) is 9.88 Å². The third-order valence-corrected chi connectivity index (χ3v) is 10.3. The van der Waals surface area contributed by atoms with Crippen molar-refractivity contribution in [2.45, 2.75) is 26.2 Å². The Balaban J connectivity index is 1.34. The van der Waals surface area contributed by atoms with Crippen LogP contribution in [0.2, 0.25) is 0 Å². The van der Waals surface area contributed by atoms with Gasteiger partial charge in [-0.05, 0) is 52.1 Å². The van der Waals surface area contributed by atoms with Crippen molar-refractivity contribution in [3.63, 3.8) is 0 Å². The Labute approximate surface area is 260 Å². The van der Waals surface area contributed by atoms with E-state index in [-0.39, 0.29) is 5.41 Å². The van der Waals surface area contributed by atoms with Gasteiger partial charge in [-0.25, -0.2) is 0 Å². The van der Waals surface area contributed by atoms with Gasteiger partial charge in [0, 0.05) is 42.9 Å². The molecule has 0 radical (unpaired) electrons. The predicted octanol–water partition coefficient (Wildman–Crippen LogP) is 9.69. The first kappa shape index (κ1) is 25.6.